The molecule has 0 saturated carbocycles. The lowest BCUT2D eigenvalue weighted by atomic mass is 9.97. The number of carbonyl (C=O) groups is 1. The maximum absolute atomic E-state index is 12.6. The minimum Gasteiger partial charge on any atom is -0.349 e. The van der Waals surface area contributed by atoms with E-state index in [0.29, 0.717) is 24.7 Å². The van der Waals surface area contributed by atoms with Crippen LogP contribution in [-0.4, -0.2) is 45.8 Å². The number of aromatic nitrogens is 2. The minimum atomic E-state index is 0.0438. The second kappa shape index (κ2) is 6.92. The van der Waals surface area contributed by atoms with Crippen molar-refractivity contribution >= 4 is 21.8 Å². The van der Waals surface area contributed by atoms with E-state index in [2.05, 4.69) is 38.3 Å². The van der Waals surface area contributed by atoms with E-state index in [0.717, 1.165) is 28.4 Å². The number of benzene rings is 1. The van der Waals surface area contributed by atoms with Crippen molar-refractivity contribution in [2.24, 2.45) is 0 Å². The number of rotatable bonds is 4. The quantitative estimate of drug-likeness (QED) is 0.854. The molecule has 2 bridgehead atoms. The van der Waals surface area contributed by atoms with Crippen LogP contribution in [0.4, 0.5) is 0 Å². The Morgan fingerprint density at radius 2 is 1.92 bits per heavy atom. The normalized spacial score (nSPS) is 25.9. The molecule has 0 aliphatic carbocycles. The van der Waals surface area contributed by atoms with Gasteiger partial charge in [0, 0.05) is 29.9 Å². The molecule has 4 rings (SSSR count). The summed E-state index contributed by atoms with van der Waals surface area (Å²) < 4.78 is 2.84. The van der Waals surface area contributed by atoms with Crippen molar-refractivity contribution in [2.75, 3.05) is 7.05 Å². The molecule has 1 amide bonds. The van der Waals surface area contributed by atoms with E-state index >= 15 is 0 Å². The standard InChI is InChI=1S/C19H23BrN4O/c1-23-17-6-7-18(23)9-16(8-17)22-19(25)14-4-2-13(3-5-14)11-24-12-15(20)10-21-24/h2-5,10,12,16-18H,6-9,11H2,1H3,(H,22,25). The number of hydrogen-bond donors (Lipinski definition) is 1. The molecule has 0 spiro atoms. The highest BCUT2D eigenvalue weighted by molar-refractivity contribution is 9.10. The van der Waals surface area contributed by atoms with Gasteiger partial charge < -0.3 is 10.2 Å². The first-order chi connectivity index (χ1) is 12.1. The zero-order valence-electron chi connectivity index (χ0n) is 14.4. The summed E-state index contributed by atoms with van der Waals surface area (Å²) in [5.41, 5.74) is 1.86. The van der Waals surface area contributed by atoms with Crippen LogP contribution in [0.25, 0.3) is 0 Å². The molecule has 132 valence electrons. The summed E-state index contributed by atoms with van der Waals surface area (Å²) in [5, 5.41) is 7.50. The van der Waals surface area contributed by atoms with Crippen LogP contribution in [0.15, 0.2) is 41.1 Å². The molecule has 1 aromatic carbocycles. The smallest absolute Gasteiger partial charge is 0.251 e. The van der Waals surface area contributed by atoms with Gasteiger partial charge in [0.25, 0.3) is 5.91 Å². The van der Waals surface area contributed by atoms with Crippen molar-refractivity contribution < 1.29 is 4.79 Å². The largest absolute Gasteiger partial charge is 0.349 e. The van der Waals surface area contributed by atoms with E-state index in [-0.39, 0.29) is 5.91 Å². The van der Waals surface area contributed by atoms with Gasteiger partial charge in [-0.2, -0.15) is 5.10 Å². The lowest BCUT2D eigenvalue weighted by molar-refractivity contribution is 0.0882. The first-order valence-corrected chi connectivity index (χ1v) is 9.67. The predicted molar refractivity (Wildman–Crippen MR) is 101 cm³/mol. The summed E-state index contributed by atoms with van der Waals surface area (Å²) in [5.74, 6) is 0.0438. The van der Waals surface area contributed by atoms with Crippen LogP contribution in [0.5, 0.6) is 0 Å². The molecule has 3 heterocycles. The number of halogens is 1. The average Bonchev–Trinajstić information content (AvgIpc) is 3.07. The Hall–Kier alpha value is -1.66. The molecule has 1 aromatic heterocycles. The monoisotopic (exact) mass is 402 g/mol. The molecule has 2 aromatic rings. The molecular weight excluding hydrogens is 380 g/mol. The SMILES string of the molecule is CN1C2CCC1CC(NC(=O)c1ccc(Cn3cc(Br)cn3)cc1)C2. The fraction of sp³-hybridized carbons (Fsp3) is 0.474. The van der Waals surface area contributed by atoms with Crippen molar-refractivity contribution in [3.63, 3.8) is 0 Å². The van der Waals surface area contributed by atoms with Crippen LogP contribution in [-0.2, 0) is 6.54 Å². The maximum atomic E-state index is 12.6. The fourth-order valence-electron chi connectivity index (χ4n) is 4.17. The Morgan fingerprint density at radius 1 is 1.24 bits per heavy atom. The predicted octanol–water partition coefficient (Wildman–Crippen LogP) is 3.05. The summed E-state index contributed by atoms with van der Waals surface area (Å²) >= 11 is 3.40. The van der Waals surface area contributed by atoms with Gasteiger partial charge in [-0.1, -0.05) is 12.1 Å². The number of amides is 1. The van der Waals surface area contributed by atoms with E-state index in [1.165, 1.54) is 12.8 Å². The van der Waals surface area contributed by atoms with Crippen LogP contribution in [0.2, 0.25) is 0 Å². The Bertz CT molecular complexity index is 743. The number of piperidine rings is 1. The van der Waals surface area contributed by atoms with Gasteiger partial charge in [-0.05, 0) is 66.4 Å². The lowest BCUT2D eigenvalue weighted by Gasteiger charge is -2.36. The third kappa shape index (κ3) is 3.65. The molecule has 2 aliphatic heterocycles. The lowest BCUT2D eigenvalue weighted by Crippen LogP contribution is -2.48. The molecule has 2 atom stereocenters. The fourth-order valence-corrected chi connectivity index (χ4v) is 4.50. The van der Waals surface area contributed by atoms with Crippen LogP contribution in [0.3, 0.4) is 0 Å². The summed E-state index contributed by atoms with van der Waals surface area (Å²) in [6.07, 6.45) is 8.40. The Balaban J connectivity index is 1.36. The zero-order valence-corrected chi connectivity index (χ0v) is 15.9. The maximum Gasteiger partial charge on any atom is 0.251 e. The Kier molecular flexibility index (Phi) is 4.65. The van der Waals surface area contributed by atoms with Gasteiger partial charge in [0.05, 0.1) is 17.2 Å². The molecule has 2 saturated heterocycles. The van der Waals surface area contributed by atoms with Crippen molar-refractivity contribution in [3.05, 3.63) is 52.3 Å². The second-order valence-corrected chi connectivity index (χ2v) is 8.16. The number of carbonyl (C=O) groups excluding carboxylic acids is 1. The van der Waals surface area contributed by atoms with E-state index in [1.807, 2.05) is 35.1 Å². The highest BCUT2D eigenvalue weighted by Crippen LogP contribution is 2.34. The van der Waals surface area contributed by atoms with E-state index < -0.39 is 0 Å². The first-order valence-electron chi connectivity index (χ1n) is 8.88. The zero-order chi connectivity index (χ0) is 17.4. The summed E-state index contributed by atoms with van der Waals surface area (Å²) in [7, 11) is 2.22. The molecule has 0 radical (unpaired) electrons. The number of hydrogen-bond acceptors (Lipinski definition) is 3. The third-order valence-electron chi connectivity index (χ3n) is 5.60. The van der Waals surface area contributed by atoms with Gasteiger partial charge >= 0.3 is 0 Å². The third-order valence-corrected chi connectivity index (χ3v) is 6.01. The van der Waals surface area contributed by atoms with Gasteiger partial charge in [-0.3, -0.25) is 9.48 Å². The van der Waals surface area contributed by atoms with Gasteiger partial charge in [0.2, 0.25) is 0 Å². The molecular formula is C19H23BrN4O. The highest BCUT2D eigenvalue weighted by atomic mass is 79.9. The summed E-state index contributed by atoms with van der Waals surface area (Å²) in [6.45, 7) is 0.700. The summed E-state index contributed by atoms with van der Waals surface area (Å²) in [6, 6.07) is 9.41. The highest BCUT2D eigenvalue weighted by Gasteiger charge is 2.38. The van der Waals surface area contributed by atoms with Crippen LogP contribution >= 0.6 is 15.9 Å². The van der Waals surface area contributed by atoms with Crippen molar-refractivity contribution in [2.45, 2.75) is 50.4 Å². The number of nitrogens with zero attached hydrogens (tertiary/aromatic N) is 3. The first kappa shape index (κ1) is 16.8. The van der Waals surface area contributed by atoms with Gasteiger partial charge in [-0.15, -0.1) is 0 Å². The van der Waals surface area contributed by atoms with E-state index in [1.54, 1.807) is 6.20 Å². The number of nitrogens with one attached hydrogen (secondary N) is 1. The van der Waals surface area contributed by atoms with Crippen LogP contribution in [0, 0.1) is 0 Å². The van der Waals surface area contributed by atoms with Gasteiger partial charge in [0.1, 0.15) is 0 Å². The van der Waals surface area contributed by atoms with Gasteiger partial charge in [0.15, 0.2) is 0 Å². The summed E-state index contributed by atoms with van der Waals surface area (Å²) in [4.78, 5) is 15.0. The molecule has 2 fully saturated rings. The molecule has 2 aliphatic rings. The molecule has 6 heteroatoms. The van der Waals surface area contributed by atoms with Crippen molar-refractivity contribution in [1.29, 1.82) is 0 Å². The topological polar surface area (TPSA) is 50.2 Å². The second-order valence-electron chi connectivity index (χ2n) is 7.25. The number of fused-ring (bicyclic) bond motifs is 2. The van der Waals surface area contributed by atoms with Crippen LogP contribution < -0.4 is 5.32 Å². The molecule has 2 unspecified atom stereocenters. The Morgan fingerprint density at radius 3 is 2.52 bits per heavy atom. The van der Waals surface area contributed by atoms with Crippen molar-refractivity contribution in [1.82, 2.24) is 20.0 Å². The molecule has 5 nitrogen and oxygen atoms in total. The van der Waals surface area contributed by atoms with E-state index in [4.69, 9.17) is 0 Å². The van der Waals surface area contributed by atoms with Gasteiger partial charge in [-0.25, -0.2) is 0 Å². The molecule has 1 N–H and O–H groups in total. The average molecular weight is 403 g/mol. The van der Waals surface area contributed by atoms with Crippen molar-refractivity contribution in [3.8, 4) is 0 Å². The Labute approximate surface area is 156 Å². The minimum absolute atomic E-state index is 0.0438. The van der Waals surface area contributed by atoms with E-state index in [9.17, 15) is 4.79 Å². The molecule has 25 heavy (non-hydrogen) atoms. The van der Waals surface area contributed by atoms with Crippen LogP contribution in [0.1, 0.15) is 41.6 Å².